The molecule has 1 heterocycles. The third-order valence-corrected chi connectivity index (χ3v) is 12.6. The molecule has 3 N–H and O–H groups in total. The highest BCUT2D eigenvalue weighted by atomic mass is 16.3. The highest BCUT2D eigenvalue weighted by Crippen LogP contribution is 2.65. The molecule has 1 aromatic carbocycles. The molecule has 0 radical (unpaired) electrons. The standard InChI is InChI=1S/C35H51N3O4/c1-23(9-14-32(41)36-33(42)38-19-17-37(18-20-38)25-7-5-4-6-8-25)28-12-13-29-27-11-10-24-21-26(39)15-16-34(24,2)30(27)22-31(40)35(28,29)3/h4-8,23-24,26,28,30-31,39-40H,9-22H2,1-3H3,(H,36,41,42). The third-order valence-electron chi connectivity index (χ3n) is 12.6. The molecule has 1 aliphatic heterocycles. The summed E-state index contributed by atoms with van der Waals surface area (Å²) >= 11 is 0. The third kappa shape index (κ3) is 5.19. The maximum Gasteiger partial charge on any atom is 0.324 e. The van der Waals surface area contributed by atoms with Gasteiger partial charge in [0.1, 0.15) is 0 Å². The molecule has 5 aliphatic rings. The number of anilines is 1. The molecule has 4 fully saturated rings. The summed E-state index contributed by atoms with van der Waals surface area (Å²) in [6.07, 6.45) is 8.58. The first kappa shape index (κ1) is 29.7. The number of para-hydroxylation sites is 1. The fourth-order valence-corrected chi connectivity index (χ4v) is 10.00. The molecule has 1 saturated heterocycles. The van der Waals surface area contributed by atoms with Crippen molar-refractivity contribution >= 4 is 17.6 Å². The SMILES string of the molecule is CC(CCC(=O)NC(=O)N1CCN(c2ccccc2)CC1)C1CCC2=C3CCC4CC(O)CCC4(C)C3CC(O)C21C. The molecule has 7 nitrogen and oxygen atoms in total. The number of carbonyl (C=O) groups is 2. The van der Waals surface area contributed by atoms with E-state index in [9.17, 15) is 19.8 Å². The number of imide groups is 1. The average Bonchev–Trinajstić information content (AvgIpc) is 3.36. The van der Waals surface area contributed by atoms with E-state index in [-0.39, 0.29) is 40.9 Å². The molecule has 0 bridgehead atoms. The Bertz CT molecular complexity index is 1190. The fraction of sp³-hybridized carbons (Fsp3) is 0.714. The van der Waals surface area contributed by atoms with Crippen molar-refractivity contribution < 1.29 is 19.8 Å². The van der Waals surface area contributed by atoms with Crippen LogP contribution in [0.5, 0.6) is 0 Å². The smallest absolute Gasteiger partial charge is 0.324 e. The summed E-state index contributed by atoms with van der Waals surface area (Å²) in [5.74, 6) is 1.41. The van der Waals surface area contributed by atoms with Crippen LogP contribution >= 0.6 is 0 Å². The molecule has 0 spiro atoms. The van der Waals surface area contributed by atoms with Gasteiger partial charge in [-0.2, -0.15) is 0 Å². The number of hydrogen-bond donors (Lipinski definition) is 3. The van der Waals surface area contributed by atoms with Crippen molar-refractivity contribution in [1.29, 1.82) is 0 Å². The molecule has 230 valence electrons. The van der Waals surface area contributed by atoms with Gasteiger partial charge in [-0.05, 0) is 99.0 Å². The quantitative estimate of drug-likeness (QED) is 0.401. The van der Waals surface area contributed by atoms with E-state index in [0.717, 1.165) is 76.6 Å². The molecule has 4 aliphatic carbocycles. The summed E-state index contributed by atoms with van der Waals surface area (Å²) in [6.45, 7) is 9.67. The summed E-state index contributed by atoms with van der Waals surface area (Å²) < 4.78 is 0. The predicted octanol–water partition coefficient (Wildman–Crippen LogP) is 5.52. The number of aliphatic hydroxyl groups excluding tert-OH is 2. The molecular formula is C35H51N3O4. The van der Waals surface area contributed by atoms with Crippen LogP contribution in [0.15, 0.2) is 41.5 Å². The number of hydrogen-bond acceptors (Lipinski definition) is 5. The lowest BCUT2D eigenvalue weighted by molar-refractivity contribution is -0.120. The minimum Gasteiger partial charge on any atom is -0.393 e. The summed E-state index contributed by atoms with van der Waals surface area (Å²) in [4.78, 5) is 29.7. The first-order valence-corrected chi connectivity index (χ1v) is 16.6. The van der Waals surface area contributed by atoms with E-state index >= 15 is 0 Å². The van der Waals surface area contributed by atoms with Crippen molar-refractivity contribution in [2.75, 3.05) is 31.1 Å². The maximum absolute atomic E-state index is 12.9. The molecule has 1 aromatic rings. The van der Waals surface area contributed by atoms with Crippen molar-refractivity contribution in [2.24, 2.45) is 34.5 Å². The largest absolute Gasteiger partial charge is 0.393 e. The molecular weight excluding hydrogens is 526 g/mol. The van der Waals surface area contributed by atoms with Gasteiger partial charge in [0.05, 0.1) is 12.2 Å². The normalized spacial score (nSPS) is 37.0. The van der Waals surface area contributed by atoms with Gasteiger partial charge in [0, 0.05) is 43.7 Å². The van der Waals surface area contributed by atoms with E-state index in [1.54, 1.807) is 10.5 Å². The average molecular weight is 578 g/mol. The first-order valence-electron chi connectivity index (χ1n) is 16.6. The molecule has 6 rings (SSSR count). The summed E-state index contributed by atoms with van der Waals surface area (Å²) in [5.41, 5.74) is 4.26. The topological polar surface area (TPSA) is 93.1 Å². The number of carbonyl (C=O) groups excluding carboxylic acids is 2. The Morgan fingerprint density at radius 2 is 1.74 bits per heavy atom. The van der Waals surface area contributed by atoms with E-state index < -0.39 is 0 Å². The summed E-state index contributed by atoms with van der Waals surface area (Å²) in [7, 11) is 0. The van der Waals surface area contributed by atoms with E-state index in [4.69, 9.17) is 0 Å². The Hall–Kier alpha value is -2.38. The van der Waals surface area contributed by atoms with Gasteiger partial charge in [-0.3, -0.25) is 10.1 Å². The van der Waals surface area contributed by atoms with Gasteiger partial charge >= 0.3 is 6.03 Å². The first-order chi connectivity index (χ1) is 20.1. The van der Waals surface area contributed by atoms with E-state index in [0.29, 0.717) is 37.3 Å². The van der Waals surface area contributed by atoms with Crippen LogP contribution in [-0.2, 0) is 4.79 Å². The van der Waals surface area contributed by atoms with Crippen molar-refractivity contribution in [3.63, 3.8) is 0 Å². The second kappa shape index (κ2) is 11.6. The number of aliphatic hydroxyl groups is 2. The molecule has 3 saturated carbocycles. The van der Waals surface area contributed by atoms with E-state index in [1.807, 2.05) is 18.2 Å². The maximum atomic E-state index is 12.9. The van der Waals surface area contributed by atoms with E-state index in [2.05, 4.69) is 43.1 Å². The van der Waals surface area contributed by atoms with Gasteiger partial charge in [-0.15, -0.1) is 0 Å². The van der Waals surface area contributed by atoms with Crippen LogP contribution in [0.1, 0.15) is 85.0 Å². The molecule has 7 heteroatoms. The van der Waals surface area contributed by atoms with Gasteiger partial charge in [-0.25, -0.2) is 4.79 Å². The predicted molar refractivity (Wildman–Crippen MR) is 165 cm³/mol. The zero-order valence-electron chi connectivity index (χ0n) is 25.9. The van der Waals surface area contributed by atoms with Crippen LogP contribution in [0.4, 0.5) is 10.5 Å². The van der Waals surface area contributed by atoms with Crippen molar-refractivity contribution in [1.82, 2.24) is 10.2 Å². The molecule has 8 atom stereocenters. The minimum absolute atomic E-state index is 0.162. The van der Waals surface area contributed by atoms with E-state index in [1.165, 1.54) is 5.57 Å². The lowest BCUT2D eigenvalue weighted by Crippen LogP contribution is -2.53. The number of rotatable bonds is 5. The number of nitrogens with zero attached hydrogens (tertiary/aromatic N) is 2. The second-order valence-electron chi connectivity index (χ2n) is 14.6. The molecule has 3 amide bonds. The number of urea groups is 1. The van der Waals surface area contributed by atoms with Crippen LogP contribution < -0.4 is 10.2 Å². The zero-order chi connectivity index (χ0) is 29.6. The van der Waals surface area contributed by atoms with Crippen molar-refractivity contribution in [3.8, 4) is 0 Å². The number of amides is 3. The Labute approximate surface area is 251 Å². The number of benzene rings is 1. The highest BCUT2D eigenvalue weighted by molar-refractivity contribution is 5.94. The van der Waals surface area contributed by atoms with Gasteiger partial charge in [0.2, 0.25) is 5.91 Å². The van der Waals surface area contributed by atoms with Crippen LogP contribution in [0, 0.1) is 34.5 Å². The lowest BCUT2D eigenvalue weighted by atomic mass is 9.48. The second-order valence-corrected chi connectivity index (χ2v) is 14.6. The molecule has 42 heavy (non-hydrogen) atoms. The summed E-state index contributed by atoms with van der Waals surface area (Å²) in [5, 5.41) is 24.8. The van der Waals surface area contributed by atoms with Crippen LogP contribution in [-0.4, -0.2) is 65.4 Å². The van der Waals surface area contributed by atoms with Crippen LogP contribution in [0.3, 0.4) is 0 Å². The van der Waals surface area contributed by atoms with Gasteiger partial charge < -0.3 is 20.0 Å². The van der Waals surface area contributed by atoms with Gasteiger partial charge in [0.25, 0.3) is 0 Å². The molecule has 0 aromatic heterocycles. The molecule has 8 unspecified atom stereocenters. The zero-order valence-corrected chi connectivity index (χ0v) is 25.9. The number of allylic oxidation sites excluding steroid dienone is 1. The van der Waals surface area contributed by atoms with Crippen LogP contribution in [0.2, 0.25) is 0 Å². The monoisotopic (exact) mass is 577 g/mol. The Morgan fingerprint density at radius 1 is 1.00 bits per heavy atom. The van der Waals surface area contributed by atoms with Crippen molar-refractivity contribution in [3.05, 3.63) is 41.5 Å². The van der Waals surface area contributed by atoms with Crippen molar-refractivity contribution in [2.45, 2.75) is 97.2 Å². The number of nitrogens with one attached hydrogen (secondary N) is 1. The summed E-state index contributed by atoms with van der Waals surface area (Å²) in [6, 6.07) is 9.94. The minimum atomic E-state index is -0.372. The van der Waals surface area contributed by atoms with Crippen LogP contribution in [0.25, 0.3) is 0 Å². The lowest BCUT2D eigenvalue weighted by Gasteiger charge is -2.58. The Morgan fingerprint density at radius 3 is 2.48 bits per heavy atom. The number of piperazine rings is 1. The number of fused-ring (bicyclic) bond motifs is 4. The van der Waals surface area contributed by atoms with Gasteiger partial charge in [-0.1, -0.05) is 50.1 Å². The Kier molecular flexibility index (Phi) is 8.20. The fourth-order valence-electron chi connectivity index (χ4n) is 10.00. The van der Waals surface area contributed by atoms with Gasteiger partial charge in [0.15, 0.2) is 0 Å². The highest BCUT2D eigenvalue weighted by Gasteiger charge is 2.59. The Balaban J connectivity index is 1.04.